The standard InChI is InChI=1S/C7H7.2CO.Rh/c1-2-7-5-3-4-6-7;2*1-2;/h2-3,5H,1,4H2;;;. The fraction of sp³-hybridized carbons (Fsp3) is 0.111. The van der Waals surface area contributed by atoms with Gasteiger partial charge in [-0.05, 0) is 0 Å². The third kappa shape index (κ3) is 4.92. The third-order valence-corrected chi connectivity index (χ3v) is 1.91. The van der Waals surface area contributed by atoms with Crippen LogP contribution in [0.25, 0.3) is 0 Å². The molecule has 0 heterocycles. The van der Waals surface area contributed by atoms with Gasteiger partial charge in [-0.3, -0.25) is 9.59 Å². The van der Waals surface area contributed by atoms with Crippen LogP contribution in [0.2, 0.25) is 0 Å². The zero-order valence-electron chi connectivity index (χ0n) is 6.30. The van der Waals surface area contributed by atoms with Crippen LogP contribution < -0.4 is 0 Å². The molecule has 1 aliphatic rings. The molecule has 4 radical (unpaired) electrons. The predicted octanol–water partition coefficient (Wildman–Crippen LogP) is 1.14. The number of allylic oxidation sites excluding steroid dienone is 5. The molecule has 64 valence electrons. The monoisotopic (exact) mass is 250 g/mol. The second kappa shape index (κ2) is 10.2. The molecule has 0 N–H and O–H groups in total. The van der Waals surface area contributed by atoms with E-state index in [0.717, 1.165) is 6.42 Å². The van der Waals surface area contributed by atoms with E-state index < -0.39 is 0 Å². The Labute approximate surface area is 82.7 Å². The summed E-state index contributed by atoms with van der Waals surface area (Å²) in [6, 6.07) is 0. The summed E-state index contributed by atoms with van der Waals surface area (Å²) in [5.41, 5.74) is 1.25. The molecule has 0 unspecified atom stereocenters. The largest absolute Gasteiger partial charge is 0.281 e. The van der Waals surface area contributed by atoms with Crippen LogP contribution in [-0.2, 0) is 27.9 Å². The summed E-state index contributed by atoms with van der Waals surface area (Å²) in [7, 11) is 0. The van der Waals surface area contributed by atoms with Crippen molar-refractivity contribution < 1.29 is 27.9 Å². The van der Waals surface area contributed by atoms with Crippen molar-refractivity contribution in [1.82, 2.24) is 0 Å². The first kappa shape index (κ1) is 13.8. The van der Waals surface area contributed by atoms with Gasteiger partial charge in [0.15, 0.2) is 0 Å². The number of hydrogen-bond acceptors (Lipinski definition) is 2. The zero-order chi connectivity index (χ0) is 9.98. The number of hydrogen-bond donors (Lipinski definition) is 0. The molecule has 0 saturated heterocycles. The molecule has 0 fully saturated rings. The van der Waals surface area contributed by atoms with E-state index in [2.05, 4.69) is 50.6 Å². The van der Waals surface area contributed by atoms with Gasteiger partial charge in [0.05, 0.1) is 0 Å². The van der Waals surface area contributed by atoms with Crippen molar-refractivity contribution in [3.63, 3.8) is 0 Å². The minimum Gasteiger partial charge on any atom is -0.281 e. The molecular formula is C9H7O2Rh. The molecule has 1 rings (SSSR count). The maximum Gasteiger partial charge on any atom is 0.281 e. The summed E-state index contributed by atoms with van der Waals surface area (Å²) in [5.74, 6) is 0. The molecule has 0 bridgehead atoms. The predicted molar refractivity (Wildman–Crippen MR) is 42.4 cm³/mol. The van der Waals surface area contributed by atoms with Gasteiger partial charge in [0, 0.05) is 0 Å². The quantitative estimate of drug-likeness (QED) is 0.654. The molecule has 0 aromatic heterocycles. The first-order chi connectivity index (χ1) is 5.84. The molecule has 0 saturated carbocycles. The molecule has 0 amide bonds. The van der Waals surface area contributed by atoms with Crippen molar-refractivity contribution in [3.8, 4) is 0 Å². The maximum absolute atomic E-state index is 7.50. The Morgan fingerprint density at radius 1 is 1.42 bits per heavy atom. The van der Waals surface area contributed by atoms with Crippen molar-refractivity contribution in [2.24, 2.45) is 0 Å². The normalized spacial score (nSPS) is 12.5. The van der Waals surface area contributed by atoms with Crippen LogP contribution in [0.3, 0.4) is 0 Å². The average Bonchev–Trinajstić information content (AvgIpc) is 2.58. The van der Waals surface area contributed by atoms with Gasteiger partial charge in [-0.15, -0.1) is 0 Å². The smallest absolute Gasteiger partial charge is 0.281 e. The molecule has 2 nitrogen and oxygen atoms in total. The topological polar surface area (TPSA) is 34.1 Å². The van der Waals surface area contributed by atoms with Crippen molar-refractivity contribution in [1.29, 1.82) is 0 Å². The fourth-order valence-corrected chi connectivity index (χ4v) is 1.16. The summed E-state index contributed by atoms with van der Waals surface area (Å²) in [5, 5.41) is 0. The van der Waals surface area contributed by atoms with Crippen LogP contribution in [0, 0.1) is 0 Å². The number of carbonyl (C=O) groups excluding carboxylic acids is 2. The Kier molecular flexibility index (Phi) is 11.7. The Morgan fingerprint density at radius 3 is 2.08 bits per heavy atom. The van der Waals surface area contributed by atoms with Gasteiger partial charge < -0.3 is 0 Å². The summed E-state index contributed by atoms with van der Waals surface area (Å²) >= 11 is 2.88. The van der Waals surface area contributed by atoms with E-state index in [1.54, 1.807) is 0 Å². The first-order valence-corrected chi connectivity index (χ1v) is 3.72. The van der Waals surface area contributed by atoms with Gasteiger partial charge >= 0.3 is 59.3 Å². The molecule has 3 heteroatoms. The Bertz CT molecular complexity index is 193. The minimum atomic E-state index is 1.06. The van der Waals surface area contributed by atoms with E-state index in [4.69, 9.17) is 9.59 Å². The van der Waals surface area contributed by atoms with Gasteiger partial charge in [-0.1, -0.05) is 0 Å². The van der Waals surface area contributed by atoms with E-state index >= 15 is 0 Å². The Balaban J connectivity index is 0. The van der Waals surface area contributed by atoms with Crippen molar-refractivity contribution in [3.05, 3.63) is 34.5 Å². The first-order valence-electron chi connectivity index (χ1n) is 2.91. The fourth-order valence-electron chi connectivity index (χ4n) is 0.663. The molecule has 0 aromatic carbocycles. The molecule has 0 atom stereocenters. The van der Waals surface area contributed by atoms with Gasteiger partial charge in [0.1, 0.15) is 0 Å². The third-order valence-electron chi connectivity index (χ3n) is 1.11. The van der Waals surface area contributed by atoms with Crippen molar-refractivity contribution >= 4 is 13.6 Å². The van der Waals surface area contributed by atoms with Gasteiger partial charge in [0.25, 0.3) is 13.6 Å². The van der Waals surface area contributed by atoms with E-state index in [0.29, 0.717) is 0 Å². The van der Waals surface area contributed by atoms with Crippen LogP contribution >= 0.6 is 0 Å². The summed E-state index contributed by atoms with van der Waals surface area (Å²) in [6.07, 6.45) is 7.16. The Hall–Kier alpha value is -0.817. The van der Waals surface area contributed by atoms with E-state index in [-0.39, 0.29) is 0 Å². The minimum absolute atomic E-state index is 1.06. The molecule has 1 aliphatic carbocycles. The van der Waals surface area contributed by atoms with Crippen LogP contribution in [0.4, 0.5) is 0 Å². The van der Waals surface area contributed by atoms with E-state index in [1.807, 2.05) is 6.08 Å². The SMILES string of the molecule is C=CC1=[C]([Rh])CC=C1.[C]=O.[C]=O. The van der Waals surface area contributed by atoms with Crippen LogP contribution in [-0.4, -0.2) is 13.6 Å². The molecular weight excluding hydrogens is 243 g/mol. The Morgan fingerprint density at radius 2 is 1.92 bits per heavy atom. The van der Waals surface area contributed by atoms with E-state index in [9.17, 15) is 0 Å². The van der Waals surface area contributed by atoms with Crippen LogP contribution in [0.5, 0.6) is 0 Å². The van der Waals surface area contributed by atoms with Gasteiger partial charge in [-0.2, -0.15) is 0 Å². The zero-order valence-corrected chi connectivity index (χ0v) is 7.93. The van der Waals surface area contributed by atoms with Crippen molar-refractivity contribution in [2.75, 3.05) is 0 Å². The molecule has 0 aromatic rings. The van der Waals surface area contributed by atoms with Gasteiger partial charge in [-0.25, -0.2) is 0 Å². The van der Waals surface area contributed by atoms with Crippen LogP contribution in [0.15, 0.2) is 34.5 Å². The average molecular weight is 250 g/mol. The number of rotatable bonds is 1. The molecule has 12 heavy (non-hydrogen) atoms. The molecule has 0 aliphatic heterocycles. The van der Waals surface area contributed by atoms with Crippen molar-refractivity contribution in [2.45, 2.75) is 6.42 Å². The van der Waals surface area contributed by atoms with Crippen LogP contribution in [0.1, 0.15) is 6.42 Å². The maximum atomic E-state index is 7.50. The second-order valence-electron chi connectivity index (χ2n) is 1.64. The summed E-state index contributed by atoms with van der Waals surface area (Å²) in [6.45, 7) is 12.7. The molecule has 0 spiro atoms. The van der Waals surface area contributed by atoms with Gasteiger partial charge in [0.2, 0.25) is 0 Å². The summed E-state index contributed by atoms with van der Waals surface area (Å²) in [4.78, 5) is 15.0. The second-order valence-corrected chi connectivity index (χ2v) is 2.63. The summed E-state index contributed by atoms with van der Waals surface area (Å²) < 4.78 is 1.32. The van der Waals surface area contributed by atoms with E-state index in [1.165, 1.54) is 9.74 Å².